The van der Waals surface area contributed by atoms with Crippen LogP contribution in [0.4, 0.5) is 0 Å². The normalized spacial score (nSPS) is 28.7. The lowest BCUT2D eigenvalue weighted by Gasteiger charge is -2.41. The number of hydrogen-bond acceptors (Lipinski definition) is 5. The first-order chi connectivity index (χ1) is 9.20. The Kier molecular flexibility index (Phi) is 8.57. The van der Waals surface area contributed by atoms with Gasteiger partial charge < -0.3 is 15.3 Å². The van der Waals surface area contributed by atoms with Gasteiger partial charge in [-0.1, -0.05) is 45.4 Å². The van der Waals surface area contributed by atoms with Crippen LogP contribution in [-0.4, -0.2) is 58.3 Å². The summed E-state index contributed by atoms with van der Waals surface area (Å²) >= 11 is 0. The molecule has 0 amide bonds. The number of nitrogens with zero attached hydrogens (tertiary/aromatic N) is 1. The van der Waals surface area contributed by atoms with Crippen LogP contribution in [0.5, 0.6) is 0 Å². The molecule has 1 aliphatic heterocycles. The standard InChI is InChI=1S/C14H30N2O3/c1-2-3-4-5-6-7-8-9-16-12(11-17)14(19)13(18)10-15-16/h12-15,17-19H,2-11H2,1H3/t12?,13-,14+/m1/s1. The van der Waals surface area contributed by atoms with Crippen LogP contribution < -0.4 is 5.43 Å². The number of β-amino-alcohol motifs (C(OH)–C–C–N with tert-alkyl or cyclic N) is 1. The molecule has 114 valence electrons. The second-order valence-corrected chi connectivity index (χ2v) is 5.48. The molecule has 19 heavy (non-hydrogen) atoms. The van der Waals surface area contributed by atoms with Crippen LogP contribution in [0.25, 0.3) is 0 Å². The minimum atomic E-state index is -0.865. The molecule has 4 N–H and O–H groups in total. The predicted molar refractivity (Wildman–Crippen MR) is 75.6 cm³/mol. The largest absolute Gasteiger partial charge is 0.395 e. The minimum absolute atomic E-state index is 0.137. The zero-order chi connectivity index (χ0) is 14.1. The molecule has 5 heteroatoms. The van der Waals surface area contributed by atoms with Crippen LogP contribution in [0.1, 0.15) is 51.9 Å². The van der Waals surface area contributed by atoms with Crippen LogP contribution in [0.2, 0.25) is 0 Å². The summed E-state index contributed by atoms with van der Waals surface area (Å²) in [6, 6.07) is -0.399. The average Bonchev–Trinajstić information content (AvgIpc) is 2.42. The number of aliphatic hydroxyl groups is 3. The molecule has 0 aromatic rings. The highest BCUT2D eigenvalue weighted by molar-refractivity contribution is 4.87. The van der Waals surface area contributed by atoms with E-state index in [-0.39, 0.29) is 6.61 Å². The highest BCUT2D eigenvalue weighted by Gasteiger charge is 2.35. The molecule has 3 atom stereocenters. The maximum Gasteiger partial charge on any atom is 0.100 e. The lowest BCUT2D eigenvalue weighted by Crippen LogP contribution is -2.64. The fourth-order valence-corrected chi connectivity index (χ4v) is 2.58. The lowest BCUT2D eigenvalue weighted by atomic mass is 10.0. The second-order valence-electron chi connectivity index (χ2n) is 5.48. The van der Waals surface area contributed by atoms with E-state index in [9.17, 15) is 15.3 Å². The van der Waals surface area contributed by atoms with Crippen molar-refractivity contribution in [2.45, 2.75) is 70.1 Å². The Balaban J connectivity index is 2.14. The molecule has 0 aliphatic carbocycles. The van der Waals surface area contributed by atoms with Gasteiger partial charge in [-0.2, -0.15) is 0 Å². The molecular weight excluding hydrogens is 244 g/mol. The highest BCUT2D eigenvalue weighted by atomic mass is 16.3. The quantitative estimate of drug-likeness (QED) is 0.464. The third-order valence-electron chi connectivity index (χ3n) is 3.88. The average molecular weight is 274 g/mol. The van der Waals surface area contributed by atoms with E-state index in [1.165, 1.54) is 38.5 Å². The molecule has 1 aliphatic rings. The molecule has 5 nitrogen and oxygen atoms in total. The van der Waals surface area contributed by atoms with Crippen molar-refractivity contribution < 1.29 is 15.3 Å². The summed E-state index contributed by atoms with van der Waals surface area (Å²) in [6.45, 7) is 3.25. The molecule has 1 heterocycles. The summed E-state index contributed by atoms with van der Waals surface area (Å²) in [5.41, 5.74) is 3.07. The minimum Gasteiger partial charge on any atom is -0.395 e. The Labute approximate surface area is 116 Å². The van der Waals surface area contributed by atoms with Gasteiger partial charge in [0.1, 0.15) is 6.10 Å². The van der Waals surface area contributed by atoms with E-state index in [4.69, 9.17) is 0 Å². The van der Waals surface area contributed by atoms with Crippen LogP contribution >= 0.6 is 0 Å². The van der Waals surface area contributed by atoms with E-state index in [0.717, 1.165) is 13.0 Å². The van der Waals surface area contributed by atoms with Gasteiger partial charge in [0, 0.05) is 13.1 Å². The Hall–Kier alpha value is -0.200. The van der Waals surface area contributed by atoms with Gasteiger partial charge in [0.05, 0.1) is 18.8 Å². The molecule has 1 fully saturated rings. The van der Waals surface area contributed by atoms with Gasteiger partial charge in [0.2, 0.25) is 0 Å². The topological polar surface area (TPSA) is 76.0 Å². The molecule has 1 saturated heterocycles. The Morgan fingerprint density at radius 2 is 1.68 bits per heavy atom. The molecule has 0 aromatic carbocycles. The van der Waals surface area contributed by atoms with Crippen molar-refractivity contribution in [3.05, 3.63) is 0 Å². The Morgan fingerprint density at radius 1 is 1.05 bits per heavy atom. The summed E-state index contributed by atoms with van der Waals surface area (Å²) < 4.78 is 0. The van der Waals surface area contributed by atoms with Crippen molar-refractivity contribution in [2.24, 2.45) is 0 Å². The van der Waals surface area contributed by atoms with E-state index in [1.54, 1.807) is 0 Å². The first-order valence-corrected chi connectivity index (χ1v) is 7.67. The van der Waals surface area contributed by atoms with Gasteiger partial charge in [-0.05, 0) is 6.42 Å². The smallest absolute Gasteiger partial charge is 0.100 e. The third-order valence-corrected chi connectivity index (χ3v) is 3.88. The zero-order valence-corrected chi connectivity index (χ0v) is 12.1. The van der Waals surface area contributed by atoms with Gasteiger partial charge in [0.25, 0.3) is 0 Å². The predicted octanol–water partition coefficient (Wildman–Crippen LogP) is 0.640. The molecule has 0 aromatic heterocycles. The molecule has 0 radical (unpaired) electrons. The van der Waals surface area contributed by atoms with Crippen molar-refractivity contribution in [3.63, 3.8) is 0 Å². The van der Waals surface area contributed by atoms with Crippen LogP contribution in [0.15, 0.2) is 0 Å². The van der Waals surface area contributed by atoms with E-state index in [0.29, 0.717) is 6.54 Å². The van der Waals surface area contributed by atoms with Crippen molar-refractivity contribution >= 4 is 0 Å². The Bertz CT molecular complexity index is 229. The van der Waals surface area contributed by atoms with Gasteiger partial charge >= 0.3 is 0 Å². The van der Waals surface area contributed by atoms with E-state index in [2.05, 4.69) is 12.3 Å². The molecule has 0 spiro atoms. The van der Waals surface area contributed by atoms with Crippen molar-refractivity contribution in [1.29, 1.82) is 0 Å². The molecule has 1 unspecified atom stereocenters. The van der Waals surface area contributed by atoms with E-state index < -0.39 is 18.2 Å². The second kappa shape index (κ2) is 9.66. The van der Waals surface area contributed by atoms with Crippen molar-refractivity contribution in [2.75, 3.05) is 19.7 Å². The monoisotopic (exact) mass is 274 g/mol. The molecule has 1 rings (SSSR count). The number of nitrogens with one attached hydrogen (secondary N) is 1. The van der Waals surface area contributed by atoms with Crippen molar-refractivity contribution in [3.8, 4) is 0 Å². The number of hydrazine groups is 1. The molecule has 0 bridgehead atoms. The fraction of sp³-hybridized carbons (Fsp3) is 1.00. The lowest BCUT2D eigenvalue weighted by molar-refractivity contribution is -0.108. The van der Waals surface area contributed by atoms with E-state index in [1.807, 2.05) is 5.01 Å². The summed E-state index contributed by atoms with van der Waals surface area (Å²) in [4.78, 5) is 0. The molecule has 0 saturated carbocycles. The highest BCUT2D eigenvalue weighted by Crippen LogP contribution is 2.13. The van der Waals surface area contributed by atoms with Crippen LogP contribution in [0, 0.1) is 0 Å². The van der Waals surface area contributed by atoms with Gasteiger partial charge in [-0.15, -0.1) is 0 Å². The van der Waals surface area contributed by atoms with Crippen LogP contribution in [-0.2, 0) is 0 Å². The summed E-state index contributed by atoms with van der Waals surface area (Å²) in [5, 5.41) is 30.5. The fourth-order valence-electron chi connectivity index (χ4n) is 2.58. The first kappa shape index (κ1) is 16.9. The maximum absolute atomic E-state index is 9.82. The van der Waals surface area contributed by atoms with Crippen LogP contribution in [0.3, 0.4) is 0 Å². The van der Waals surface area contributed by atoms with Crippen molar-refractivity contribution in [1.82, 2.24) is 10.4 Å². The zero-order valence-electron chi connectivity index (χ0n) is 12.1. The summed E-state index contributed by atoms with van der Waals surface area (Å²) in [5.74, 6) is 0. The van der Waals surface area contributed by atoms with Gasteiger partial charge in [0.15, 0.2) is 0 Å². The summed E-state index contributed by atoms with van der Waals surface area (Å²) in [6.07, 6.45) is 7.05. The van der Waals surface area contributed by atoms with Gasteiger partial charge in [-0.25, -0.2) is 5.01 Å². The van der Waals surface area contributed by atoms with E-state index >= 15 is 0 Å². The number of hydrogen-bond donors (Lipinski definition) is 4. The number of unbranched alkanes of at least 4 members (excludes halogenated alkanes) is 6. The maximum atomic E-state index is 9.82. The number of aliphatic hydroxyl groups excluding tert-OH is 3. The van der Waals surface area contributed by atoms with Gasteiger partial charge in [-0.3, -0.25) is 5.43 Å². The number of rotatable bonds is 9. The molecular formula is C14H30N2O3. The first-order valence-electron chi connectivity index (χ1n) is 7.67. The third kappa shape index (κ3) is 5.75. The summed E-state index contributed by atoms with van der Waals surface area (Å²) in [7, 11) is 0. The SMILES string of the molecule is CCCCCCCCCN1NC[C@@H](O)[C@@H](O)C1CO. The Morgan fingerprint density at radius 3 is 2.32 bits per heavy atom.